The first-order valence-corrected chi connectivity index (χ1v) is 8.88. The van der Waals surface area contributed by atoms with Crippen molar-refractivity contribution < 1.29 is 0 Å². The molecule has 0 amide bonds. The van der Waals surface area contributed by atoms with E-state index >= 15 is 0 Å². The Bertz CT molecular complexity index is 495. The molecule has 3 nitrogen and oxygen atoms in total. The highest BCUT2D eigenvalue weighted by atomic mass is 15.2. The Morgan fingerprint density at radius 1 is 1.24 bits per heavy atom. The molecule has 3 heteroatoms. The topological polar surface area (TPSA) is 29.9 Å². The molecule has 4 fully saturated rings. The normalized spacial score (nSPS) is 38.7. The Balaban J connectivity index is 1.55. The second-order valence-electron chi connectivity index (χ2n) is 8.14. The summed E-state index contributed by atoms with van der Waals surface area (Å²) in [6, 6.07) is 0.554. The van der Waals surface area contributed by atoms with Crippen molar-refractivity contribution in [3.8, 4) is 0 Å². The van der Waals surface area contributed by atoms with Gasteiger partial charge in [-0.05, 0) is 82.5 Å². The van der Waals surface area contributed by atoms with Gasteiger partial charge in [-0.3, -0.25) is 0 Å². The van der Waals surface area contributed by atoms with Crippen LogP contribution in [0.3, 0.4) is 0 Å². The smallest absolute Gasteiger partial charge is 0.203 e. The van der Waals surface area contributed by atoms with Crippen LogP contribution in [0.5, 0.6) is 0 Å². The molecule has 0 saturated heterocycles. The number of nitrogens with zero attached hydrogens (tertiary/aromatic N) is 2. The highest BCUT2D eigenvalue weighted by Crippen LogP contribution is 2.61. The Kier molecular flexibility index (Phi) is 3.09. The van der Waals surface area contributed by atoms with Gasteiger partial charge in [-0.25, -0.2) is 4.98 Å². The number of anilines is 1. The van der Waals surface area contributed by atoms with Crippen LogP contribution in [-0.4, -0.2) is 15.6 Å². The number of hydrogen-bond acceptors (Lipinski definition) is 2. The molecule has 1 N–H and O–H groups in total. The molecule has 21 heavy (non-hydrogen) atoms. The maximum Gasteiger partial charge on any atom is 0.203 e. The molecular weight excluding hydrogens is 258 g/mol. The minimum atomic E-state index is 0.549. The van der Waals surface area contributed by atoms with Crippen LogP contribution in [0.2, 0.25) is 0 Å². The molecule has 1 atom stereocenters. The van der Waals surface area contributed by atoms with E-state index < -0.39 is 0 Å². The Hall–Kier alpha value is -0.990. The van der Waals surface area contributed by atoms with Crippen LogP contribution in [0, 0.1) is 30.1 Å². The third-order valence-corrected chi connectivity index (χ3v) is 6.59. The number of rotatable bonds is 4. The molecule has 1 aromatic heterocycles. The zero-order chi connectivity index (χ0) is 14.6. The van der Waals surface area contributed by atoms with Crippen LogP contribution >= 0.6 is 0 Å². The van der Waals surface area contributed by atoms with Crippen molar-refractivity contribution in [2.45, 2.75) is 71.9 Å². The molecule has 4 aliphatic rings. The van der Waals surface area contributed by atoms with E-state index in [2.05, 4.69) is 36.9 Å². The first kappa shape index (κ1) is 13.7. The Morgan fingerprint density at radius 3 is 2.33 bits per heavy atom. The van der Waals surface area contributed by atoms with Gasteiger partial charge in [0.25, 0.3) is 0 Å². The summed E-state index contributed by atoms with van der Waals surface area (Å²) in [6.45, 7) is 7.70. The van der Waals surface area contributed by atoms with Gasteiger partial charge >= 0.3 is 0 Å². The van der Waals surface area contributed by atoms with E-state index in [9.17, 15) is 0 Å². The van der Waals surface area contributed by atoms with Crippen LogP contribution in [0.15, 0.2) is 6.20 Å². The molecule has 116 valence electrons. The minimum absolute atomic E-state index is 0.549. The van der Waals surface area contributed by atoms with Crippen LogP contribution in [0.1, 0.15) is 58.1 Å². The monoisotopic (exact) mass is 287 g/mol. The molecule has 1 heterocycles. The van der Waals surface area contributed by atoms with Gasteiger partial charge in [-0.1, -0.05) is 0 Å². The van der Waals surface area contributed by atoms with Gasteiger partial charge in [0, 0.05) is 18.8 Å². The van der Waals surface area contributed by atoms with E-state index in [1.54, 1.807) is 0 Å². The van der Waals surface area contributed by atoms with Crippen molar-refractivity contribution in [1.29, 1.82) is 0 Å². The summed E-state index contributed by atoms with van der Waals surface area (Å²) in [4.78, 5) is 4.70. The van der Waals surface area contributed by atoms with E-state index in [1.165, 1.54) is 38.5 Å². The van der Waals surface area contributed by atoms with Crippen LogP contribution in [-0.2, 0) is 6.54 Å². The van der Waals surface area contributed by atoms with E-state index in [1.807, 2.05) is 0 Å². The zero-order valence-corrected chi connectivity index (χ0v) is 13.7. The highest BCUT2D eigenvalue weighted by Gasteiger charge is 2.53. The van der Waals surface area contributed by atoms with Crippen molar-refractivity contribution >= 4 is 5.95 Å². The molecule has 5 rings (SSSR count). The summed E-state index contributed by atoms with van der Waals surface area (Å²) in [5.74, 6) is 4.15. The largest absolute Gasteiger partial charge is 0.353 e. The third-order valence-electron chi connectivity index (χ3n) is 6.59. The van der Waals surface area contributed by atoms with Crippen molar-refractivity contribution in [3.63, 3.8) is 0 Å². The summed E-state index contributed by atoms with van der Waals surface area (Å²) >= 11 is 0. The van der Waals surface area contributed by atoms with Crippen LogP contribution in [0.4, 0.5) is 5.95 Å². The van der Waals surface area contributed by atoms with Crippen LogP contribution < -0.4 is 5.32 Å². The summed E-state index contributed by atoms with van der Waals surface area (Å²) in [5.41, 5.74) is 1.67. The number of imidazole rings is 1. The summed E-state index contributed by atoms with van der Waals surface area (Å²) in [6.07, 6.45) is 11.1. The molecule has 0 aliphatic heterocycles. The average molecular weight is 287 g/mol. The second-order valence-corrected chi connectivity index (χ2v) is 8.14. The zero-order valence-electron chi connectivity index (χ0n) is 13.7. The molecule has 4 saturated carbocycles. The number of aromatic nitrogens is 2. The lowest BCUT2D eigenvalue weighted by Crippen LogP contribution is -2.53. The molecule has 0 aromatic carbocycles. The fourth-order valence-corrected chi connectivity index (χ4v) is 5.96. The van der Waals surface area contributed by atoms with Gasteiger partial charge in [-0.15, -0.1) is 0 Å². The van der Waals surface area contributed by atoms with E-state index in [0.29, 0.717) is 11.5 Å². The molecule has 1 aromatic rings. The van der Waals surface area contributed by atoms with Gasteiger partial charge in [-0.2, -0.15) is 0 Å². The quantitative estimate of drug-likeness (QED) is 0.898. The van der Waals surface area contributed by atoms with Crippen molar-refractivity contribution in [2.24, 2.45) is 23.2 Å². The maximum atomic E-state index is 4.70. The molecular formula is C18H29N3. The first-order valence-electron chi connectivity index (χ1n) is 8.88. The van der Waals surface area contributed by atoms with Gasteiger partial charge < -0.3 is 9.88 Å². The SMILES string of the molecule is CCn1cc(C)nc1NC(C)C12CC3CC(CC(C3)C1)C2. The lowest BCUT2D eigenvalue weighted by atomic mass is 9.48. The minimum Gasteiger partial charge on any atom is -0.353 e. The van der Waals surface area contributed by atoms with E-state index in [0.717, 1.165) is 35.9 Å². The number of nitrogens with one attached hydrogen (secondary N) is 1. The lowest BCUT2D eigenvalue weighted by molar-refractivity contribution is -0.0604. The van der Waals surface area contributed by atoms with Gasteiger partial charge in [0.2, 0.25) is 5.95 Å². The summed E-state index contributed by atoms with van der Waals surface area (Å²) in [7, 11) is 0. The van der Waals surface area contributed by atoms with Crippen molar-refractivity contribution in [3.05, 3.63) is 11.9 Å². The summed E-state index contributed by atoms with van der Waals surface area (Å²) < 4.78 is 2.26. The average Bonchev–Trinajstić information content (AvgIpc) is 2.77. The van der Waals surface area contributed by atoms with E-state index in [4.69, 9.17) is 4.98 Å². The molecule has 4 aliphatic carbocycles. The predicted octanol–water partition coefficient (Wildman–Crippen LogP) is 4.23. The third kappa shape index (κ3) is 2.20. The molecule has 4 bridgehead atoms. The molecule has 0 radical (unpaired) electrons. The number of hydrogen-bond donors (Lipinski definition) is 1. The maximum absolute atomic E-state index is 4.70. The first-order chi connectivity index (χ1) is 10.1. The Morgan fingerprint density at radius 2 is 1.81 bits per heavy atom. The highest BCUT2D eigenvalue weighted by molar-refractivity contribution is 5.31. The summed E-state index contributed by atoms with van der Waals surface area (Å²) in [5, 5.41) is 3.79. The second kappa shape index (κ2) is 4.76. The van der Waals surface area contributed by atoms with E-state index in [-0.39, 0.29) is 0 Å². The van der Waals surface area contributed by atoms with Crippen LogP contribution in [0.25, 0.3) is 0 Å². The molecule has 1 unspecified atom stereocenters. The lowest BCUT2D eigenvalue weighted by Gasteiger charge is -2.59. The Labute approximate surface area is 128 Å². The van der Waals surface area contributed by atoms with Crippen molar-refractivity contribution in [1.82, 2.24) is 9.55 Å². The fraction of sp³-hybridized carbons (Fsp3) is 0.833. The van der Waals surface area contributed by atoms with Crippen molar-refractivity contribution in [2.75, 3.05) is 5.32 Å². The fourth-order valence-electron chi connectivity index (χ4n) is 5.96. The van der Waals surface area contributed by atoms with Gasteiger partial charge in [0.15, 0.2) is 0 Å². The molecule has 0 spiro atoms. The standard InChI is InChI=1S/C18H29N3/c1-4-21-11-12(2)19-17(21)20-13(3)18-8-14-5-15(9-18)7-16(6-14)10-18/h11,13-16H,4-10H2,1-3H3,(H,19,20). The predicted molar refractivity (Wildman–Crippen MR) is 86.3 cm³/mol. The number of aryl methyl sites for hydroxylation is 2. The van der Waals surface area contributed by atoms with Gasteiger partial charge in [0.05, 0.1) is 5.69 Å². The van der Waals surface area contributed by atoms with Gasteiger partial charge in [0.1, 0.15) is 0 Å².